The van der Waals surface area contributed by atoms with Crippen molar-refractivity contribution in [1.29, 1.82) is 0 Å². The molecule has 0 aliphatic heterocycles. The lowest BCUT2D eigenvalue weighted by Crippen LogP contribution is -2.05. The summed E-state index contributed by atoms with van der Waals surface area (Å²) in [6, 6.07) is 11.5. The highest BCUT2D eigenvalue weighted by Crippen LogP contribution is 2.24. The van der Waals surface area contributed by atoms with Gasteiger partial charge in [-0.15, -0.1) is 0 Å². The number of para-hydroxylation sites is 1. The molecule has 4 nitrogen and oxygen atoms in total. The first-order valence-corrected chi connectivity index (χ1v) is 7.83. The van der Waals surface area contributed by atoms with E-state index in [1.807, 2.05) is 32.0 Å². The molecule has 0 fully saturated rings. The van der Waals surface area contributed by atoms with Crippen LogP contribution in [-0.2, 0) is 0 Å². The van der Waals surface area contributed by atoms with Gasteiger partial charge in [0.05, 0.1) is 0 Å². The predicted octanol–water partition coefficient (Wildman–Crippen LogP) is 5.17. The van der Waals surface area contributed by atoms with Crippen molar-refractivity contribution in [2.75, 3.05) is 10.6 Å². The number of halogens is 2. The minimum absolute atomic E-state index is 0.122. The number of nitrogens with one attached hydrogen (secondary N) is 2. The van der Waals surface area contributed by atoms with Crippen LogP contribution in [0, 0.1) is 32.4 Å². The Morgan fingerprint density at radius 2 is 1.56 bits per heavy atom. The van der Waals surface area contributed by atoms with Crippen LogP contribution in [0.1, 0.15) is 16.8 Å². The van der Waals surface area contributed by atoms with Crippen molar-refractivity contribution in [3.63, 3.8) is 0 Å². The summed E-state index contributed by atoms with van der Waals surface area (Å²) < 4.78 is 27.6. The van der Waals surface area contributed by atoms with Gasteiger partial charge < -0.3 is 10.6 Å². The van der Waals surface area contributed by atoms with Gasteiger partial charge in [0.2, 0.25) is 5.95 Å². The first kappa shape index (κ1) is 16.8. The minimum Gasteiger partial charge on any atom is -0.340 e. The van der Waals surface area contributed by atoms with Crippen LogP contribution in [0.2, 0.25) is 0 Å². The number of aryl methyl sites for hydroxylation is 3. The van der Waals surface area contributed by atoms with Crippen molar-refractivity contribution >= 4 is 23.1 Å². The SMILES string of the molecule is Cc1ccc(C)c(Nc2cc(C)nc(Nc3c(F)cccc3F)n2)c1. The van der Waals surface area contributed by atoms with Crippen LogP contribution < -0.4 is 10.6 Å². The second-order valence-electron chi connectivity index (χ2n) is 5.88. The zero-order valence-corrected chi connectivity index (χ0v) is 14.2. The van der Waals surface area contributed by atoms with Crippen molar-refractivity contribution in [2.24, 2.45) is 0 Å². The van der Waals surface area contributed by atoms with Crippen molar-refractivity contribution in [2.45, 2.75) is 20.8 Å². The van der Waals surface area contributed by atoms with E-state index in [9.17, 15) is 8.78 Å². The molecule has 0 aliphatic carbocycles. The third-order valence-electron chi connectivity index (χ3n) is 3.71. The Balaban J connectivity index is 1.92. The van der Waals surface area contributed by atoms with E-state index in [0.29, 0.717) is 11.5 Å². The van der Waals surface area contributed by atoms with Crippen molar-refractivity contribution in [3.05, 3.63) is 70.9 Å². The molecular formula is C19H18F2N4. The molecule has 0 saturated heterocycles. The van der Waals surface area contributed by atoms with E-state index in [4.69, 9.17) is 0 Å². The molecule has 0 unspecified atom stereocenters. The molecule has 0 bridgehead atoms. The molecule has 0 spiro atoms. The summed E-state index contributed by atoms with van der Waals surface area (Å²) in [5.41, 5.74) is 3.50. The Morgan fingerprint density at radius 3 is 2.28 bits per heavy atom. The van der Waals surface area contributed by atoms with Crippen LogP contribution in [-0.4, -0.2) is 9.97 Å². The first-order valence-electron chi connectivity index (χ1n) is 7.83. The average molecular weight is 340 g/mol. The molecule has 0 radical (unpaired) electrons. The van der Waals surface area contributed by atoms with E-state index in [-0.39, 0.29) is 11.6 Å². The van der Waals surface area contributed by atoms with Gasteiger partial charge in [0.25, 0.3) is 0 Å². The summed E-state index contributed by atoms with van der Waals surface area (Å²) in [5.74, 6) is -0.736. The predicted molar refractivity (Wildman–Crippen MR) is 95.6 cm³/mol. The molecule has 2 aromatic carbocycles. The third-order valence-corrected chi connectivity index (χ3v) is 3.71. The van der Waals surface area contributed by atoms with Gasteiger partial charge in [0.15, 0.2) is 0 Å². The van der Waals surface area contributed by atoms with E-state index in [2.05, 4.69) is 20.6 Å². The Kier molecular flexibility index (Phi) is 4.61. The van der Waals surface area contributed by atoms with Gasteiger partial charge >= 0.3 is 0 Å². The molecular weight excluding hydrogens is 322 g/mol. The lowest BCUT2D eigenvalue weighted by molar-refractivity contribution is 0.590. The standard InChI is InChI=1S/C19H18F2N4/c1-11-7-8-12(2)16(9-11)23-17-10-13(3)22-19(24-17)25-18-14(20)5-4-6-15(18)21/h4-10H,1-3H3,(H2,22,23,24,25). The maximum absolute atomic E-state index is 13.8. The van der Waals surface area contributed by atoms with Crippen LogP contribution in [0.25, 0.3) is 0 Å². The monoisotopic (exact) mass is 340 g/mol. The van der Waals surface area contributed by atoms with E-state index in [1.165, 1.54) is 18.2 Å². The second-order valence-corrected chi connectivity index (χ2v) is 5.88. The summed E-state index contributed by atoms with van der Waals surface area (Å²) in [7, 11) is 0. The number of rotatable bonds is 4. The van der Waals surface area contributed by atoms with E-state index >= 15 is 0 Å². The van der Waals surface area contributed by atoms with Gasteiger partial charge in [0.1, 0.15) is 23.1 Å². The van der Waals surface area contributed by atoms with Crippen LogP contribution in [0.5, 0.6) is 0 Å². The van der Waals surface area contributed by atoms with Crippen LogP contribution in [0.4, 0.5) is 31.9 Å². The lowest BCUT2D eigenvalue weighted by atomic mass is 10.1. The van der Waals surface area contributed by atoms with Gasteiger partial charge in [-0.3, -0.25) is 0 Å². The fraction of sp³-hybridized carbons (Fsp3) is 0.158. The summed E-state index contributed by atoms with van der Waals surface area (Å²) in [4.78, 5) is 8.51. The zero-order valence-electron chi connectivity index (χ0n) is 14.2. The summed E-state index contributed by atoms with van der Waals surface area (Å²) >= 11 is 0. The largest absolute Gasteiger partial charge is 0.340 e. The highest BCUT2D eigenvalue weighted by Gasteiger charge is 2.11. The molecule has 2 N–H and O–H groups in total. The maximum Gasteiger partial charge on any atom is 0.229 e. The van der Waals surface area contributed by atoms with Crippen molar-refractivity contribution in [3.8, 4) is 0 Å². The molecule has 1 aromatic heterocycles. The second kappa shape index (κ2) is 6.84. The molecule has 25 heavy (non-hydrogen) atoms. The van der Waals surface area contributed by atoms with Crippen molar-refractivity contribution in [1.82, 2.24) is 9.97 Å². The number of hydrogen-bond donors (Lipinski definition) is 2. The highest BCUT2D eigenvalue weighted by molar-refractivity contribution is 5.63. The Bertz CT molecular complexity index is 905. The van der Waals surface area contributed by atoms with Gasteiger partial charge in [-0.1, -0.05) is 18.2 Å². The molecule has 128 valence electrons. The van der Waals surface area contributed by atoms with Crippen LogP contribution >= 0.6 is 0 Å². The summed E-state index contributed by atoms with van der Waals surface area (Å²) in [5, 5.41) is 5.85. The number of hydrogen-bond acceptors (Lipinski definition) is 4. The fourth-order valence-electron chi connectivity index (χ4n) is 2.43. The molecule has 3 aromatic rings. The average Bonchev–Trinajstić information content (AvgIpc) is 2.54. The number of aromatic nitrogens is 2. The van der Waals surface area contributed by atoms with Crippen LogP contribution in [0.15, 0.2) is 42.5 Å². The number of benzene rings is 2. The molecule has 0 aliphatic rings. The van der Waals surface area contributed by atoms with Gasteiger partial charge in [0, 0.05) is 17.4 Å². The van der Waals surface area contributed by atoms with E-state index in [1.54, 1.807) is 13.0 Å². The summed E-state index contributed by atoms with van der Waals surface area (Å²) in [6.07, 6.45) is 0. The Hall–Kier alpha value is -3.02. The topological polar surface area (TPSA) is 49.8 Å². The maximum atomic E-state index is 13.8. The molecule has 0 amide bonds. The van der Waals surface area contributed by atoms with E-state index in [0.717, 1.165) is 16.8 Å². The van der Waals surface area contributed by atoms with Gasteiger partial charge in [-0.25, -0.2) is 13.8 Å². The molecule has 0 atom stereocenters. The molecule has 0 saturated carbocycles. The number of anilines is 4. The highest BCUT2D eigenvalue weighted by atomic mass is 19.1. The molecule has 3 rings (SSSR count). The fourth-order valence-corrected chi connectivity index (χ4v) is 2.43. The Morgan fingerprint density at radius 1 is 0.840 bits per heavy atom. The van der Waals surface area contributed by atoms with Gasteiger partial charge in [-0.2, -0.15) is 4.98 Å². The normalized spacial score (nSPS) is 10.6. The minimum atomic E-state index is -0.700. The third kappa shape index (κ3) is 3.91. The van der Waals surface area contributed by atoms with Gasteiger partial charge in [-0.05, 0) is 50.1 Å². The quantitative estimate of drug-likeness (QED) is 0.688. The smallest absolute Gasteiger partial charge is 0.229 e. The lowest BCUT2D eigenvalue weighted by Gasteiger charge is -2.13. The van der Waals surface area contributed by atoms with Crippen molar-refractivity contribution < 1.29 is 8.78 Å². The molecule has 6 heteroatoms. The van der Waals surface area contributed by atoms with Crippen LogP contribution in [0.3, 0.4) is 0 Å². The summed E-state index contributed by atoms with van der Waals surface area (Å²) in [6.45, 7) is 5.78. The molecule has 1 heterocycles. The van der Waals surface area contributed by atoms with E-state index < -0.39 is 11.6 Å². The first-order chi connectivity index (χ1) is 11.9. The number of nitrogens with zero attached hydrogens (tertiary/aromatic N) is 2. The zero-order chi connectivity index (χ0) is 18.0. The Labute approximate surface area is 145 Å².